The topological polar surface area (TPSA) is 73.7 Å². The number of hydrogen-bond donors (Lipinski definition) is 1. The van der Waals surface area contributed by atoms with E-state index in [2.05, 4.69) is 47.6 Å². The number of amides is 3. The molecule has 0 spiro atoms. The maximum absolute atomic E-state index is 12.3. The molecule has 3 heterocycles. The standard InChI is InChI=1S/C22H34N6O2/c1-6-18(15-27-10-9-26(13-16(2)3)14-17(27)4)11-19-20(12-23-25(19)5)28-8-7-21(29)24-22(28)30/h6,11-12,16-17H,1,7-10,13-15H2,2-5H3,(H,24,29,30)/b18-11+/t17-/m0/s1. The first-order valence-corrected chi connectivity index (χ1v) is 10.7. The van der Waals surface area contributed by atoms with Gasteiger partial charge in [-0.2, -0.15) is 5.10 Å². The molecule has 0 bridgehead atoms. The van der Waals surface area contributed by atoms with Gasteiger partial charge in [-0.05, 0) is 24.5 Å². The van der Waals surface area contributed by atoms with Crippen LogP contribution in [0.3, 0.4) is 0 Å². The fourth-order valence-corrected chi connectivity index (χ4v) is 4.17. The molecule has 0 aliphatic carbocycles. The molecule has 30 heavy (non-hydrogen) atoms. The largest absolute Gasteiger partial charge is 0.328 e. The van der Waals surface area contributed by atoms with Gasteiger partial charge in [-0.1, -0.05) is 26.5 Å². The number of aryl methyl sites for hydroxylation is 1. The molecule has 1 atom stereocenters. The van der Waals surface area contributed by atoms with Crippen LogP contribution < -0.4 is 10.2 Å². The highest BCUT2D eigenvalue weighted by Crippen LogP contribution is 2.25. The second-order valence-electron chi connectivity index (χ2n) is 8.69. The first-order chi connectivity index (χ1) is 14.3. The lowest BCUT2D eigenvalue weighted by molar-refractivity contribution is -0.120. The molecule has 8 heteroatoms. The van der Waals surface area contributed by atoms with Crippen molar-refractivity contribution in [2.75, 3.05) is 44.2 Å². The summed E-state index contributed by atoms with van der Waals surface area (Å²) < 4.78 is 1.76. The van der Waals surface area contributed by atoms with Crippen molar-refractivity contribution >= 4 is 23.7 Å². The average molecular weight is 415 g/mol. The molecule has 3 rings (SSSR count). The number of carbonyl (C=O) groups excluding carboxylic acids is 2. The second kappa shape index (κ2) is 9.57. The molecule has 2 aliphatic rings. The lowest BCUT2D eigenvalue weighted by Crippen LogP contribution is -2.52. The van der Waals surface area contributed by atoms with Crippen LogP contribution >= 0.6 is 0 Å². The van der Waals surface area contributed by atoms with E-state index in [0.29, 0.717) is 24.2 Å². The van der Waals surface area contributed by atoms with E-state index in [1.54, 1.807) is 15.8 Å². The molecular formula is C22H34N6O2. The van der Waals surface area contributed by atoms with Crippen molar-refractivity contribution in [1.29, 1.82) is 0 Å². The molecule has 8 nitrogen and oxygen atoms in total. The molecule has 3 amide bonds. The van der Waals surface area contributed by atoms with Crippen molar-refractivity contribution in [3.63, 3.8) is 0 Å². The summed E-state index contributed by atoms with van der Waals surface area (Å²) in [7, 11) is 1.86. The van der Waals surface area contributed by atoms with Crippen LogP contribution in [0.25, 0.3) is 6.08 Å². The molecule has 2 fully saturated rings. The summed E-state index contributed by atoms with van der Waals surface area (Å²) in [6, 6.07) is 0.0645. The summed E-state index contributed by atoms with van der Waals surface area (Å²) in [4.78, 5) is 30.4. The zero-order valence-corrected chi connectivity index (χ0v) is 18.6. The molecule has 1 N–H and O–H groups in total. The number of piperazine rings is 1. The molecule has 0 saturated carbocycles. The Kier molecular flexibility index (Phi) is 7.10. The Bertz CT molecular complexity index is 828. The van der Waals surface area contributed by atoms with Crippen LogP contribution in [-0.4, -0.2) is 76.8 Å². The number of anilines is 1. The van der Waals surface area contributed by atoms with Gasteiger partial charge in [0.1, 0.15) is 0 Å². The van der Waals surface area contributed by atoms with Crippen LogP contribution in [0.15, 0.2) is 24.4 Å². The number of rotatable bonds is 7. The van der Waals surface area contributed by atoms with Gasteiger partial charge >= 0.3 is 6.03 Å². The molecule has 164 valence electrons. The molecule has 2 saturated heterocycles. The van der Waals surface area contributed by atoms with Gasteiger partial charge in [0, 0.05) is 58.8 Å². The summed E-state index contributed by atoms with van der Waals surface area (Å²) in [5.74, 6) is 0.438. The quantitative estimate of drug-likeness (QED) is 0.692. The number of nitrogens with one attached hydrogen (secondary N) is 1. The van der Waals surface area contributed by atoms with Crippen molar-refractivity contribution in [3.05, 3.63) is 30.1 Å². The molecule has 0 unspecified atom stereocenters. The summed E-state index contributed by atoms with van der Waals surface area (Å²) in [5, 5.41) is 6.72. The van der Waals surface area contributed by atoms with E-state index in [1.807, 2.05) is 19.2 Å². The predicted octanol–water partition coefficient (Wildman–Crippen LogP) is 2.10. The Balaban J connectivity index is 1.74. The number of urea groups is 1. The predicted molar refractivity (Wildman–Crippen MR) is 119 cm³/mol. The number of carbonyl (C=O) groups is 2. The highest BCUT2D eigenvalue weighted by atomic mass is 16.2. The summed E-state index contributed by atoms with van der Waals surface area (Å²) in [5.41, 5.74) is 2.62. The Labute approximate surface area is 179 Å². The van der Waals surface area contributed by atoms with E-state index in [9.17, 15) is 9.59 Å². The van der Waals surface area contributed by atoms with Crippen LogP contribution in [-0.2, 0) is 11.8 Å². The summed E-state index contributed by atoms with van der Waals surface area (Å²) >= 11 is 0. The molecule has 1 aromatic heterocycles. The van der Waals surface area contributed by atoms with Gasteiger partial charge < -0.3 is 4.90 Å². The maximum atomic E-state index is 12.3. The smallest absolute Gasteiger partial charge is 0.300 e. The van der Waals surface area contributed by atoms with E-state index in [1.165, 1.54) is 0 Å². The van der Waals surface area contributed by atoms with Crippen molar-refractivity contribution in [2.24, 2.45) is 13.0 Å². The SMILES string of the molecule is C=C/C(=C\c1c(N2CCC(=O)NC2=O)cnn1C)CN1CCN(CC(C)C)C[C@@H]1C. The highest BCUT2D eigenvalue weighted by Gasteiger charge is 2.28. The Hall–Kier alpha value is -2.45. The van der Waals surface area contributed by atoms with Crippen molar-refractivity contribution in [1.82, 2.24) is 24.9 Å². The zero-order chi connectivity index (χ0) is 21.8. The van der Waals surface area contributed by atoms with E-state index < -0.39 is 6.03 Å². The first kappa shape index (κ1) is 22.2. The maximum Gasteiger partial charge on any atom is 0.328 e. The lowest BCUT2D eigenvalue weighted by Gasteiger charge is -2.40. The Morgan fingerprint density at radius 3 is 2.73 bits per heavy atom. The molecule has 0 radical (unpaired) electrons. The number of aromatic nitrogens is 2. The number of nitrogens with zero attached hydrogens (tertiary/aromatic N) is 5. The minimum Gasteiger partial charge on any atom is -0.300 e. The molecule has 0 aromatic carbocycles. The van der Waals surface area contributed by atoms with Crippen LogP contribution in [0.2, 0.25) is 0 Å². The Morgan fingerprint density at radius 1 is 1.33 bits per heavy atom. The van der Waals surface area contributed by atoms with E-state index >= 15 is 0 Å². The highest BCUT2D eigenvalue weighted by molar-refractivity contribution is 6.06. The van der Waals surface area contributed by atoms with E-state index in [-0.39, 0.29) is 12.3 Å². The number of hydrogen-bond acceptors (Lipinski definition) is 5. The lowest BCUT2D eigenvalue weighted by atomic mass is 10.1. The molecular weight excluding hydrogens is 380 g/mol. The minimum absolute atomic E-state index is 0.241. The van der Waals surface area contributed by atoms with Gasteiger partial charge in [0.25, 0.3) is 0 Å². The Morgan fingerprint density at radius 2 is 2.10 bits per heavy atom. The molecule has 2 aliphatic heterocycles. The van der Waals surface area contributed by atoms with Gasteiger partial charge in [0.05, 0.1) is 17.6 Å². The van der Waals surface area contributed by atoms with Gasteiger partial charge in [0.15, 0.2) is 0 Å². The minimum atomic E-state index is -0.399. The normalized spacial score (nSPS) is 22.0. The fraction of sp³-hybridized carbons (Fsp3) is 0.591. The second-order valence-corrected chi connectivity index (χ2v) is 8.69. The fourth-order valence-electron chi connectivity index (χ4n) is 4.17. The van der Waals surface area contributed by atoms with Crippen LogP contribution in [0, 0.1) is 5.92 Å². The van der Waals surface area contributed by atoms with Gasteiger partial charge in [-0.25, -0.2) is 4.79 Å². The first-order valence-electron chi connectivity index (χ1n) is 10.7. The van der Waals surface area contributed by atoms with Crippen molar-refractivity contribution < 1.29 is 9.59 Å². The third kappa shape index (κ3) is 5.17. The monoisotopic (exact) mass is 414 g/mol. The van der Waals surface area contributed by atoms with Crippen LogP contribution in [0.1, 0.15) is 32.9 Å². The zero-order valence-electron chi connectivity index (χ0n) is 18.6. The summed E-state index contributed by atoms with van der Waals surface area (Å²) in [6.45, 7) is 16.3. The van der Waals surface area contributed by atoms with Crippen molar-refractivity contribution in [2.45, 2.75) is 33.2 Å². The van der Waals surface area contributed by atoms with Gasteiger partial charge in [-0.15, -0.1) is 0 Å². The summed E-state index contributed by atoms with van der Waals surface area (Å²) in [6.07, 6.45) is 5.89. The third-order valence-corrected chi connectivity index (χ3v) is 5.75. The van der Waals surface area contributed by atoms with Crippen LogP contribution in [0.4, 0.5) is 10.5 Å². The van der Waals surface area contributed by atoms with Crippen molar-refractivity contribution in [3.8, 4) is 0 Å². The molecule has 1 aromatic rings. The van der Waals surface area contributed by atoms with Gasteiger partial charge in [0.2, 0.25) is 5.91 Å². The average Bonchev–Trinajstić information content (AvgIpc) is 3.03. The third-order valence-electron chi connectivity index (χ3n) is 5.75. The number of imide groups is 1. The van der Waals surface area contributed by atoms with E-state index in [4.69, 9.17) is 0 Å². The van der Waals surface area contributed by atoms with E-state index in [0.717, 1.165) is 44.0 Å². The van der Waals surface area contributed by atoms with Crippen LogP contribution in [0.5, 0.6) is 0 Å². The van der Waals surface area contributed by atoms with Gasteiger partial charge in [-0.3, -0.25) is 24.6 Å².